The van der Waals surface area contributed by atoms with Gasteiger partial charge in [-0.3, -0.25) is 9.59 Å². The highest BCUT2D eigenvalue weighted by atomic mass is 16.4. The number of aromatic carboxylic acids is 1. The van der Waals surface area contributed by atoms with Crippen LogP contribution in [0.25, 0.3) is 0 Å². The van der Waals surface area contributed by atoms with Crippen LogP contribution >= 0.6 is 0 Å². The van der Waals surface area contributed by atoms with E-state index in [-0.39, 0.29) is 36.5 Å². The molecule has 0 fully saturated rings. The lowest BCUT2D eigenvalue weighted by molar-refractivity contribution is -0.121. The number of carbonyl (C=O) groups is 3. The summed E-state index contributed by atoms with van der Waals surface area (Å²) in [6.07, 6.45) is 0.179. The van der Waals surface area contributed by atoms with Crippen LogP contribution in [-0.4, -0.2) is 40.5 Å². The van der Waals surface area contributed by atoms with E-state index in [0.29, 0.717) is 16.8 Å². The summed E-state index contributed by atoms with van der Waals surface area (Å²) in [6, 6.07) is 0.0560. The molecule has 21 heavy (non-hydrogen) atoms. The third-order valence-corrected chi connectivity index (χ3v) is 2.97. The molecule has 0 aliphatic rings. The molecule has 7 nitrogen and oxygen atoms in total. The lowest BCUT2D eigenvalue weighted by Gasteiger charge is -2.09. The summed E-state index contributed by atoms with van der Waals surface area (Å²) in [4.78, 5) is 37.2. The second-order valence-corrected chi connectivity index (χ2v) is 5.16. The minimum absolute atomic E-state index is 0.00945. The molecule has 0 radical (unpaired) electrons. The highest BCUT2D eigenvalue weighted by Gasteiger charge is 2.21. The standard InChI is InChI=1S/C14H21N3O4/c1-7(2)16-10(18)5-6-15-13(19)11-8(3)12(14(20)21)17-9(11)4/h7,17H,5-6H2,1-4H3,(H,15,19)(H,16,18)(H,20,21). The van der Waals surface area contributed by atoms with Gasteiger partial charge in [0.1, 0.15) is 5.69 Å². The predicted molar refractivity (Wildman–Crippen MR) is 77.5 cm³/mol. The van der Waals surface area contributed by atoms with Crippen molar-refractivity contribution >= 4 is 17.8 Å². The van der Waals surface area contributed by atoms with Crippen LogP contribution in [0.15, 0.2) is 0 Å². The number of carboxylic acid groups (broad SMARTS) is 1. The van der Waals surface area contributed by atoms with E-state index in [0.717, 1.165) is 0 Å². The van der Waals surface area contributed by atoms with Crippen LogP contribution < -0.4 is 10.6 Å². The molecule has 1 rings (SSSR count). The number of carbonyl (C=O) groups excluding carboxylic acids is 2. The molecule has 0 spiro atoms. The Morgan fingerprint density at radius 1 is 1.24 bits per heavy atom. The third kappa shape index (κ3) is 4.34. The Morgan fingerprint density at radius 3 is 2.33 bits per heavy atom. The molecular weight excluding hydrogens is 274 g/mol. The van der Waals surface area contributed by atoms with E-state index in [1.807, 2.05) is 13.8 Å². The van der Waals surface area contributed by atoms with Gasteiger partial charge in [-0.25, -0.2) is 4.79 Å². The number of aryl methyl sites for hydroxylation is 1. The van der Waals surface area contributed by atoms with E-state index in [4.69, 9.17) is 5.11 Å². The Hall–Kier alpha value is -2.31. The average Bonchev–Trinajstić information content (AvgIpc) is 2.63. The van der Waals surface area contributed by atoms with Crippen molar-refractivity contribution in [2.24, 2.45) is 0 Å². The number of nitrogens with one attached hydrogen (secondary N) is 3. The zero-order valence-electron chi connectivity index (χ0n) is 12.7. The number of aromatic amines is 1. The van der Waals surface area contributed by atoms with Gasteiger partial charge in [-0.05, 0) is 33.3 Å². The van der Waals surface area contributed by atoms with Crippen molar-refractivity contribution < 1.29 is 19.5 Å². The molecule has 0 aliphatic heterocycles. The molecule has 7 heteroatoms. The Balaban J connectivity index is 2.65. The zero-order chi connectivity index (χ0) is 16.2. The van der Waals surface area contributed by atoms with Crippen LogP contribution in [0.1, 0.15) is 52.4 Å². The molecule has 0 aromatic carbocycles. The summed E-state index contributed by atoms with van der Waals surface area (Å²) in [7, 11) is 0. The van der Waals surface area contributed by atoms with E-state index < -0.39 is 5.97 Å². The SMILES string of the molecule is Cc1[nH]c(C(=O)O)c(C)c1C(=O)NCCC(=O)NC(C)C. The number of amides is 2. The molecule has 4 N–H and O–H groups in total. The summed E-state index contributed by atoms with van der Waals surface area (Å²) in [6.45, 7) is 7.13. The lowest BCUT2D eigenvalue weighted by atomic mass is 10.1. The van der Waals surface area contributed by atoms with Gasteiger partial charge in [-0.1, -0.05) is 0 Å². The minimum atomic E-state index is -1.11. The van der Waals surface area contributed by atoms with Gasteiger partial charge in [-0.15, -0.1) is 0 Å². The number of carboxylic acids is 1. The first-order valence-electron chi connectivity index (χ1n) is 6.74. The Morgan fingerprint density at radius 2 is 1.86 bits per heavy atom. The van der Waals surface area contributed by atoms with Crippen molar-refractivity contribution in [1.29, 1.82) is 0 Å². The molecule has 0 saturated heterocycles. The Bertz CT molecular complexity index is 561. The van der Waals surface area contributed by atoms with Crippen LogP contribution in [0.2, 0.25) is 0 Å². The van der Waals surface area contributed by atoms with Crippen molar-refractivity contribution in [3.63, 3.8) is 0 Å². The normalized spacial score (nSPS) is 10.5. The van der Waals surface area contributed by atoms with Gasteiger partial charge in [0.05, 0.1) is 5.56 Å². The molecule has 0 aliphatic carbocycles. The molecule has 116 valence electrons. The van der Waals surface area contributed by atoms with Gasteiger partial charge >= 0.3 is 5.97 Å². The molecule has 1 heterocycles. The Labute approximate surface area is 123 Å². The maximum absolute atomic E-state index is 12.1. The maximum atomic E-state index is 12.1. The summed E-state index contributed by atoms with van der Waals surface area (Å²) in [5, 5.41) is 14.4. The largest absolute Gasteiger partial charge is 0.477 e. The second kappa shape index (κ2) is 6.92. The molecule has 0 unspecified atom stereocenters. The van der Waals surface area contributed by atoms with Crippen LogP contribution in [0.5, 0.6) is 0 Å². The maximum Gasteiger partial charge on any atom is 0.352 e. The smallest absolute Gasteiger partial charge is 0.352 e. The van der Waals surface area contributed by atoms with Crippen LogP contribution in [0.3, 0.4) is 0 Å². The lowest BCUT2D eigenvalue weighted by Crippen LogP contribution is -2.34. The first-order chi connectivity index (χ1) is 9.73. The first kappa shape index (κ1) is 16.7. The summed E-state index contributed by atoms with van der Waals surface area (Å²) in [5.74, 6) is -1.63. The summed E-state index contributed by atoms with van der Waals surface area (Å²) >= 11 is 0. The molecule has 0 atom stereocenters. The van der Waals surface area contributed by atoms with E-state index in [1.165, 1.54) is 0 Å². The summed E-state index contributed by atoms with van der Waals surface area (Å²) in [5.41, 5.74) is 1.21. The van der Waals surface area contributed by atoms with Gasteiger partial charge in [0.15, 0.2) is 0 Å². The van der Waals surface area contributed by atoms with Crippen molar-refractivity contribution in [3.8, 4) is 0 Å². The summed E-state index contributed by atoms with van der Waals surface area (Å²) < 4.78 is 0. The van der Waals surface area contributed by atoms with Gasteiger partial charge in [-0.2, -0.15) is 0 Å². The molecule has 0 saturated carbocycles. The fourth-order valence-corrected chi connectivity index (χ4v) is 2.08. The molecule has 0 bridgehead atoms. The fourth-order valence-electron chi connectivity index (χ4n) is 2.08. The van der Waals surface area contributed by atoms with Crippen LogP contribution in [-0.2, 0) is 4.79 Å². The van der Waals surface area contributed by atoms with Crippen molar-refractivity contribution in [3.05, 3.63) is 22.5 Å². The van der Waals surface area contributed by atoms with Crippen molar-refractivity contribution in [1.82, 2.24) is 15.6 Å². The molecule has 1 aromatic heterocycles. The van der Waals surface area contributed by atoms with Crippen LogP contribution in [0.4, 0.5) is 0 Å². The zero-order valence-corrected chi connectivity index (χ0v) is 12.7. The van der Waals surface area contributed by atoms with Crippen LogP contribution in [0, 0.1) is 13.8 Å². The minimum Gasteiger partial charge on any atom is -0.477 e. The van der Waals surface area contributed by atoms with Gasteiger partial charge < -0.3 is 20.7 Å². The van der Waals surface area contributed by atoms with E-state index in [9.17, 15) is 14.4 Å². The van der Waals surface area contributed by atoms with Crippen molar-refractivity contribution in [2.45, 2.75) is 40.2 Å². The Kier molecular flexibility index (Phi) is 5.52. The first-order valence-corrected chi connectivity index (χ1v) is 6.74. The second-order valence-electron chi connectivity index (χ2n) is 5.16. The molecular formula is C14H21N3O4. The van der Waals surface area contributed by atoms with E-state index >= 15 is 0 Å². The van der Waals surface area contributed by atoms with Gasteiger partial charge in [0.2, 0.25) is 5.91 Å². The highest BCUT2D eigenvalue weighted by Crippen LogP contribution is 2.17. The third-order valence-electron chi connectivity index (χ3n) is 2.97. The topological polar surface area (TPSA) is 111 Å². The number of hydrogen-bond acceptors (Lipinski definition) is 3. The monoisotopic (exact) mass is 295 g/mol. The predicted octanol–water partition coefficient (Wildman–Crippen LogP) is 0.974. The number of H-pyrrole nitrogens is 1. The number of aromatic nitrogens is 1. The number of rotatable bonds is 6. The highest BCUT2D eigenvalue weighted by molar-refractivity contribution is 6.00. The molecule has 1 aromatic rings. The molecule has 2 amide bonds. The van der Waals surface area contributed by atoms with Crippen molar-refractivity contribution in [2.75, 3.05) is 6.54 Å². The van der Waals surface area contributed by atoms with E-state index in [1.54, 1.807) is 13.8 Å². The average molecular weight is 295 g/mol. The quantitative estimate of drug-likeness (QED) is 0.626. The fraction of sp³-hybridized carbons (Fsp3) is 0.500. The van der Waals surface area contributed by atoms with E-state index in [2.05, 4.69) is 15.6 Å². The van der Waals surface area contributed by atoms with Gasteiger partial charge in [0.25, 0.3) is 5.91 Å². The number of hydrogen-bond donors (Lipinski definition) is 4. The van der Waals surface area contributed by atoms with Gasteiger partial charge in [0, 0.05) is 24.7 Å².